The molecule has 28 heavy (non-hydrogen) atoms. The molecular formula is C23H27N3O2. The Morgan fingerprint density at radius 2 is 1.61 bits per heavy atom. The van der Waals surface area contributed by atoms with Crippen LogP contribution in [0.5, 0.6) is 0 Å². The van der Waals surface area contributed by atoms with Crippen molar-refractivity contribution in [2.24, 2.45) is 0 Å². The van der Waals surface area contributed by atoms with Crippen molar-refractivity contribution in [1.82, 2.24) is 14.3 Å². The van der Waals surface area contributed by atoms with Crippen LogP contribution >= 0.6 is 0 Å². The van der Waals surface area contributed by atoms with Gasteiger partial charge in [0, 0.05) is 45.0 Å². The molecule has 0 bridgehead atoms. The average Bonchev–Trinajstić information content (AvgIpc) is 3.13. The summed E-state index contributed by atoms with van der Waals surface area (Å²) in [5, 5.41) is 0. The zero-order valence-electron chi connectivity index (χ0n) is 16.2. The summed E-state index contributed by atoms with van der Waals surface area (Å²) in [5.74, 6) is 0.491. The highest BCUT2D eigenvalue weighted by molar-refractivity contribution is 5.65. The van der Waals surface area contributed by atoms with Gasteiger partial charge in [0.15, 0.2) is 0 Å². The lowest BCUT2D eigenvalue weighted by Gasteiger charge is -2.28. The number of fused-ring (bicyclic) bond motifs is 1. The Morgan fingerprint density at radius 3 is 2.39 bits per heavy atom. The Kier molecular flexibility index (Phi) is 5.12. The summed E-state index contributed by atoms with van der Waals surface area (Å²) < 4.78 is 13.5. The van der Waals surface area contributed by atoms with E-state index < -0.39 is 0 Å². The Balaban J connectivity index is 1.57. The van der Waals surface area contributed by atoms with E-state index in [-0.39, 0.29) is 0 Å². The molecule has 5 heteroatoms. The predicted octanol–water partition coefficient (Wildman–Crippen LogP) is 3.73. The Labute approximate surface area is 165 Å². The third kappa shape index (κ3) is 3.58. The molecule has 3 aromatic rings. The van der Waals surface area contributed by atoms with E-state index in [0.717, 1.165) is 64.6 Å². The lowest BCUT2D eigenvalue weighted by atomic mass is 9.95. The SMILES string of the molecule is c1ccc(-c2ccc3nc(C4CCOCC4)c(CN4CCOCC4)n3c2)cc1. The van der Waals surface area contributed by atoms with Gasteiger partial charge in [-0.05, 0) is 36.1 Å². The second-order valence-electron chi connectivity index (χ2n) is 7.73. The maximum Gasteiger partial charge on any atom is 0.137 e. The molecule has 1 aromatic carbocycles. The summed E-state index contributed by atoms with van der Waals surface area (Å²) in [5.41, 5.74) is 6.11. The third-order valence-corrected chi connectivity index (χ3v) is 5.94. The van der Waals surface area contributed by atoms with Crippen molar-refractivity contribution < 1.29 is 9.47 Å². The van der Waals surface area contributed by atoms with Gasteiger partial charge in [0.2, 0.25) is 0 Å². The van der Waals surface area contributed by atoms with Gasteiger partial charge >= 0.3 is 0 Å². The summed E-state index contributed by atoms with van der Waals surface area (Å²) in [6.07, 6.45) is 4.38. The minimum Gasteiger partial charge on any atom is -0.381 e. The number of nitrogens with zero attached hydrogens (tertiary/aromatic N) is 3. The first-order chi connectivity index (χ1) is 13.9. The molecule has 0 spiro atoms. The molecule has 2 fully saturated rings. The predicted molar refractivity (Wildman–Crippen MR) is 110 cm³/mol. The molecule has 2 saturated heterocycles. The van der Waals surface area contributed by atoms with Crippen molar-refractivity contribution in [2.45, 2.75) is 25.3 Å². The smallest absolute Gasteiger partial charge is 0.137 e. The fourth-order valence-corrected chi connectivity index (χ4v) is 4.34. The number of morpholine rings is 1. The molecular weight excluding hydrogens is 350 g/mol. The van der Waals surface area contributed by atoms with E-state index in [2.05, 4.69) is 58.0 Å². The molecule has 0 N–H and O–H groups in total. The first kappa shape index (κ1) is 17.9. The monoisotopic (exact) mass is 377 g/mol. The van der Waals surface area contributed by atoms with E-state index in [4.69, 9.17) is 14.5 Å². The summed E-state index contributed by atoms with van der Waals surface area (Å²) >= 11 is 0. The van der Waals surface area contributed by atoms with Crippen LogP contribution in [0.15, 0.2) is 48.7 Å². The maximum atomic E-state index is 5.60. The first-order valence-electron chi connectivity index (χ1n) is 10.3. The Morgan fingerprint density at radius 1 is 0.857 bits per heavy atom. The van der Waals surface area contributed by atoms with Crippen LogP contribution in [0.1, 0.15) is 30.1 Å². The maximum absolute atomic E-state index is 5.60. The second kappa shape index (κ2) is 8.03. The normalized spacial score (nSPS) is 19.3. The minimum atomic E-state index is 0.491. The minimum absolute atomic E-state index is 0.491. The molecule has 0 radical (unpaired) electrons. The van der Waals surface area contributed by atoms with Crippen LogP contribution in [0, 0.1) is 0 Å². The number of aromatic nitrogens is 2. The van der Waals surface area contributed by atoms with Gasteiger partial charge in [-0.1, -0.05) is 30.3 Å². The summed E-state index contributed by atoms with van der Waals surface area (Å²) in [4.78, 5) is 7.58. The van der Waals surface area contributed by atoms with E-state index in [1.807, 2.05) is 0 Å². The molecule has 5 nitrogen and oxygen atoms in total. The largest absolute Gasteiger partial charge is 0.381 e. The molecule has 5 rings (SSSR count). The molecule has 2 aromatic heterocycles. The summed E-state index contributed by atoms with van der Waals surface area (Å²) in [6.45, 7) is 6.21. The highest BCUT2D eigenvalue weighted by atomic mass is 16.5. The number of imidazole rings is 1. The van der Waals surface area contributed by atoms with Crippen LogP contribution in [0.2, 0.25) is 0 Å². The fraction of sp³-hybridized carbons (Fsp3) is 0.435. The van der Waals surface area contributed by atoms with Crippen LogP contribution in [0.4, 0.5) is 0 Å². The van der Waals surface area contributed by atoms with Gasteiger partial charge in [-0.2, -0.15) is 0 Å². The van der Waals surface area contributed by atoms with Crippen LogP contribution in [-0.2, 0) is 16.0 Å². The van der Waals surface area contributed by atoms with Crippen LogP contribution in [0.3, 0.4) is 0 Å². The quantitative estimate of drug-likeness (QED) is 0.695. The van der Waals surface area contributed by atoms with Crippen LogP contribution in [0.25, 0.3) is 16.8 Å². The number of pyridine rings is 1. The van der Waals surface area contributed by atoms with E-state index in [1.165, 1.54) is 22.5 Å². The molecule has 0 saturated carbocycles. The number of ether oxygens (including phenoxy) is 2. The first-order valence-corrected chi connectivity index (χ1v) is 10.3. The van der Waals surface area contributed by atoms with Gasteiger partial charge in [0.25, 0.3) is 0 Å². The molecule has 2 aliphatic rings. The molecule has 0 aliphatic carbocycles. The standard InChI is InChI=1S/C23H27N3O2/c1-2-4-18(5-3-1)20-6-7-22-24-23(19-8-12-27-13-9-19)21(26(22)16-20)17-25-10-14-28-15-11-25/h1-7,16,19H,8-15,17H2. The summed E-state index contributed by atoms with van der Waals surface area (Å²) in [6, 6.07) is 14.9. The molecule has 2 aliphatic heterocycles. The topological polar surface area (TPSA) is 39.0 Å². The number of hydrogen-bond acceptors (Lipinski definition) is 4. The van der Waals surface area contributed by atoms with Crippen molar-refractivity contribution in [3.05, 3.63) is 60.0 Å². The van der Waals surface area contributed by atoms with Crippen molar-refractivity contribution in [2.75, 3.05) is 39.5 Å². The highest BCUT2D eigenvalue weighted by Gasteiger charge is 2.25. The van der Waals surface area contributed by atoms with Crippen LogP contribution in [-0.4, -0.2) is 53.8 Å². The van der Waals surface area contributed by atoms with E-state index in [0.29, 0.717) is 5.92 Å². The number of rotatable bonds is 4. The zero-order chi connectivity index (χ0) is 18.8. The lowest BCUT2D eigenvalue weighted by Crippen LogP contribution is -2.36. The molecule has 146 valence electrons. The van der Waals surface area contributed by atoms with Crippen molar-refractivity contribution >= 4 is 5.65 Å². The molecule has 0 atom stereocenters. The van der Waals surface area contributed by atoms with Gasteiger partial charge in [0.05, 0.1) is 24.6 Å². The van der Waals surface area contributed by atoms with Gasteiger partial charge in [-0.3, -0.25) is 4.90 Å². The van der Waals surface area contributed by atoms with Crippen molar-refractivity contribution in [3.8, 4) is 11.1 Å². The third-order valence-electron chi connectivity index (χ3n) is 5.94. The molecule has 0 unspecified atom stereocenters. The van der Waals surface area contributed by atoms with Gasteiger partial charge in [-0.15, -0.1) is 0 Å². The van der Waals surface area contributed by atoms with Crippen LogP contribution < -0.4 is 0 Å². The molecule has 0 amide bonds. The zero-order valence-corrected chi connectivity index (χ0v) is 16.2. The Bertz CT molecular complexity index is 926. The van der Waals surface area contributed by atoms with E-state index in [1.54, 1.807) is 0 Å². The summed E-state index contributed by atoms with van der Waals surface area (Å²) in [7, 11) is 0. The molecule has 4 heterocycles. The van der Waals surface area contributed by atoms with Gasteiger partial charge in [0.1, 0.15) is 5.65 Å². The van der Waals surface area contributed by atoms with Crippen molar-refractivity contribution in [3.63, 3.8) is 0 Å². The lowest BCUT2D eigenvalue weighted by molar-refractivity contribution is 0.0331. The van der Waals surface area contributed by atoms with E-state index >= 15 is 0 Å². The van der Waals surface area contributed by atoms with Gasteiger partial charge in [-0.25, -0.2) is 4.98 Å². The van der Waals surface area contributed by atoms with Crippen molar-refractivity contribution in [1.29, 1.82) is 0 Å². The number of benzene rings is 1. The fourth-order valence-electron chi connectivity index (χ4n) is 4.34. The average molecular weight is 377 g/mol. The second-order valence-corrected chi connectivity index (χ2v) is 7.73. The van der Waals surface area contributed by atoms with Gasteiger partial charge < -0.3 is 13.9 Å². The Hall–Kier alpha value is -2.21. The van der Waals surface area contributed by atoms with E-state index in [9.17, 15) is 0 Å². The highest BCUT2D eigenvalue weighted by Crippen LogP contribution is 2.31. The number of hydrogen-bond donors (Lipinski definition) is 0.